The predicted molar refractivity (Wildman–Crippen MR) is 63.3 cm³/mol. The van der Waals surface area contributed by atoms with Crippen molar-refractivity contribution in [3.63, 3.8) is 0 Å². The number of nitrogens with zero attached hydrogens (tertiary/aromatic N) is 1. The molecule has 1 heterocycles. The van der Waals surface area contributed by atoms with Gasteiger partial charge in [0.25, 0.3) is 0 Å². The van der Waals surface area contributed by atoms with Crippen molar-refractivity contribution < 1.29 is 9.53 Å². The third-order valence-electron chi connectivity index (χ3n) is 2.43. The maximum Gasteiger partial charge on any atom is 0.407 e. The molecular weight excluding hydrogens is 206 g/mol. The maximum absolute atomic E-state index is 11.3. The van der Waals surface area contributed by atoms with Crippen LogP contribution in [0, 0.1) is 0 Å². The highest BCUT2D eigenvalue weighted by Crippen LogP contribution is 2.06. The molecule has 0 aliphatic carbocycles. The molecule has 0 saturated carbocycles. The van der Waals surface area contributed by atoms with Crippen LogP contribution in [0.25, 0.3) is 0 Å². The van der Waals surface area contributed by atoms with Crippen molar-refractivity contribution in [2.24, 2.45) is 5.73 Å². The normalized spacial score (nSPS) is 22.1. The topological polar surface area (TPSA) is 67.6 Å². The minimum Gasteiger partial charge on any atom is -0.448 e. The Bertz CT molecular complexity index is 238. The van der Waals surface area contributed by atoms with E-state index in [2.05, 4.69) is 10.2 Å². The maximum atomic E-state index is 11.3. The average Bonchev–Trinajstić information content (AvgIpc) is 2.48. The molecule has 1 aliphatic heterocycles. The number of hydrogen-bond donors (Lipinski definition) is 2. The van der Waals surface area contributed by atoms with E-state index < -0.39 is 0 Å². The molecule has 1 saturated heterocycles. The molecule has 1 rings (SSSR count). The molecule has 0 aromatic heterocycles. The van der Waals surface area contributed by atoms with E-state index in [1.54, 1.807) is 0 Å². The van der Waals surface area contributed by atoms with Gasteiger partial charge in [0.15, 0.2) is 0 Å². The third-order valence-corrected chi connectivity index (χ3v) is 2.43. The summed E-state index contributed by atoms with van der Waals surface area (Å²) in [5, 5.41) is 2.75. The second-order valence-corrected chi connectivity index (χ2v) is 5.36. The van der Waals surface area contributed by atoms with E-state index in [1.165, 1.54) is 0 Å². The Morgan fingerprint density at radius 3 is 2.75 bits per heavy atom. The van der Waals surface area contributed by atoms with Crippen molar-refractivity contribution >= 4 is 6.09 Å². The van der Waals surface area contributed by atoms with Gasteiger partial charge in [0, 0.05) is 24.7 Å². The fourth-order valence-corrected chi connectivity index (χ4v) is 1.68. The first kappa shape index (κ1) is 13.3. The van der Waals surface area contributed by atoms with E-state index >= 15 is 0 Å². The van der Waals surface area contributed by atoms with Crippen LogP contribution in [-0.4, -0.2) is 48.8 Å². The second kappa shape index (κ2) is 5.50. The molecule has 0 spiro atoms. The first-order valence-corrected chi connectivity index (χ1v) is 5.80. The van der Waals surface area contributed by atoms with Gasteiger partial charge in [-0.1, -0.05) is 0 Å². The molecule has 0 aromatic rings. The smallest absolute Gasteiger partial charge is 0.407 e. The summed E-state index contributed by atoms with van der Waals surface area (Å²) < 4.78 is 5.08. The van der Waals surface area contributed by atoms with Gasteiger partial charge in [-0.05, 0) is 33.7 Å². The second-order valence-electron chi connectivity index (χ2n) is 5.36. The minimum atomic E-state index is -0.351. The lowest BCUT2D eigenvalue weighted by Gasteiger charge is -2.21. The van der Waals surface area contributed by atoms with E-state index in [4.69, 9.17) is 10.5 Å². The number of rotatable bonds is 3. The number of ether oxygens (including phenoxy) is 1. The number of carbonyl (C=O) groups is 1. The standard InChI is InChI=1S/C11H23N3O2/c1-11(2,3)13-10(15)16-7-6-14-5-4-9(12)8-14/h9H,4-8,12H2,1-3H3,(H,13,15)/t9-/m0/s1. The minimum absolute atomic E-state index is 0.243. The lowest BCUT2D eigenvalue weighted by atomic mass is 10.1. The van der Waals surface area contributed by atoms with Crippen LogP contribution < -0.4 is 11.1 Å². The number of amides is 1. The van der Waals surface area contributed by atoms with Gasteiger partial charge in [0.05, 0.1) is 0 Å². The van der Waals surface area contributed by atoms with E-state index in [0.29, 0.717) is 6.61 Å². The van der Waals surface area contributed by atoms with Gasteiger partial charge in [-0.15, -0.1) is 0 Å². The van der Waals surface area contributed by atoms with E-state index in [9.17, 15) is 4.79 Å². The molecule has 94 valence electrons. The monoisotopic (exact) mass is 229 g/mol. The van der Waals surface area contributed by atoms with Crippen LogP contribution in [0.3, 0.4) is 0 Å². The molecule has 5 heteroatoms. The van der Waals surface area contributed by atoms with Crippen LogP contribution >= 0.6 is 0 Å². The molecule has 1 aliphatic rings. The molecule has 0 radical (unpaired) electrons. The first-order chi connectivity index (χ1) is 7.37. The van der Waals surface area contributed by atoms with Crippen molar-refractivity contribution in [3.8, 4) is 0 Å². The zero-order valence-corrected chi connectivity index (χ0v) is 10.5. The zero-order valence-electron chi connectivity index (χ0n) is 10.5. The van der Waals surface area contributed by atoms with Gasteiger partial charge in [0.1, 0.15) is 6.61 Å². The molecule has 16 heavy (non-hydrogen) atoms. The summed E-state index contributed by atoms with van der Waals surface area (Å²) in [7, 11) is 0. The highest BCUT2D eigenvalue weighted by Gasteiger charge is 2.19. The summed E-state index contributed by atoms with van der Waals surface area (Å²) in [6.45, 7) is 8.88. The Labute approximate surface area is 97.3 Å². The fraction of sp³-hybridized carbons (Fsp3) is 0.909. The molecule has 0 bridgehead atoms. The van der Waals surface area contributed by atoms with Crippen molar-refractivity contribution in [1.29, 1.82) is 0 Å². The number of nitrogens with two attached hydrogens (primary N) is 1. The van der Waals surface area contributed by atoms with Gasteiger partial charge in [-0.25, -0.2) is 4.79 Å². The van der Waals surface area contributed by atoms with Crippen LogP contribution in [0.4, 0.5) is 4.79 Å². The average molecular weight is 229 g/mol. The van der Waals surface area contributed by atoms with E-state index in [0.717, 1.165) is 26.1 Å². The number of carbonyl (C=O) groups excluding carboxylic acids is 1. The lowest BCUT2D eigenvalue weighted by Crippen LogP contribution is -2.41. The summed E-state index contributed by atoms with van der Waals surface area (Å²) in [5.74, 6) is 0. The summed E-state index contributed by atoms with van der Waals surface area (Å²) in [6, 6.07) is 0.281. The van der Waals surface area contributed by atoms with Crippen LogP contribution in [-0.2, 0) is 4.74 Å². The highest BCUT2D eigenvalue weighted by atomic mass is 16.5. The molecule has 0 aromatic carbocycles. The largest absolute Gasteiger partial charge is 0.448 e. The van der Waals surface area contributed by atoms with Crippen LogP contribution in [0.2, 0.25) is 0 Å². The Morgan fingerprint density at radius 2 is 2.25 bits per heavy atom. The summed E-state index contributed by atoms with van der Waals surface area (Å²) >= 11 is 0. The Morgan fingerprint density at radius 1 is 1.56 bits per heavy atom. The number of alkyl carbamates (subject to hydrolysis) is 1. The molecule has 1 fully saturated rings. The zero-order chi connectivity index (χ0) is 12.2. The van der Waals surface area contributed by atoms with Crippen molar-refractivity contribution in [2.75, 3.05) is 26.2 Å². The fourth-order valence-electron chi connectivity index (χ4n) is 1.68. The molecule has 3 N–H and O–H groups in total. The molecule has 1 atom stereocenters. The molecule has 0 unspecified atom stereocenters. The lowest BCUT2D eigenvalue weighted by molar-refractivity contribution is 0.125. The Hall–Kier alpha value is -0.810. The number of nitrogens with one attached hydrogen (secondary N) is 1. The van der Waals surface area contributed by atoms with Crippen LogP contribution in [0.15, 0.2) is 0 Å². The summed E-state index contributed by atoms with van der Waals surface area (Å²) in [6.07, 6.45) is 0.685. The molecule has 5 nitrogen and oxygen atoms in total. The first-order valence-electron chi connectivity index (χ1n) is 5.80. The van der Waals surface area contributed by atoms with Crippen molar-refractivity contribution in [1.82, 2.24) is 10.2 Å². The van der Waals surface area contributed by atoms with Gasteiger partial charge in [-0.3, -0.25) is 4.90 Å². The summed E-state index contributed by atoms with van der Waals surface area (Å²) in [4.78, 5) is 13.5. The van der Waals surface area contributed by atoms with Gasteiger partial charge < -0.3 is 15.8 Å². The number of likely N-dealkylation sites (tertiary alicyclic amines) is 1. The molecular formula is C11H23N3O2. The van der Waals surface area contributed by atoms with Crippen molar-refractivity contribution in [2.45, 2.75) is 38.8 Å². The molecule has 1 amide bonds. The van der Waals surface area contributed by atoms with Gasteiger partial charge >= 0.3 is 6.09 Å². The Kier molecular flexibility index (Phi) is 4.56. The van der Waals surface area contributed by atoms with Crippen LogP contribution in [0.1, 0.15) is 27.2 Å². The van der Waals surface area contributed by atoms with E-state index in [1.807, 2.05) is 20.8 Å². The quantitative estimate of drug-likeness (QED) is 0.741. The van der Waals surface area contributed by atoms with Gasteiger partial charge in [0.2, 0.25) is 0 Å². The summed E-state index contributed by atoms with van der Waals surface area (Å²) in [5.41, 5.74) is 5.54. The SMILES string of the molecule is CC(C)(C)NC(=O)OCCN1CC[C@H](N)C1. The van der Waals surface area contributed by atoms with Crippen LogP contribution in [0.5, 0.6) is 0 Å². The van der Waals surface area contributed by atoms with Gasteiger partial charge in [-0.2, -0.15) is 0 Å². The predicted octanol–water partition coefficient (Wildman–Crippen LogP) is 0.544. The van der Waals surface area contributed by atoms with Crippen molar-refractivity contribution in [3.05, 3.63) is 0 Å². The highest BCUT2D eigenvalue weighted by molar-refractivity contribution is 5.68. The number of hydrogen-bond acceptors (Lipinski definition) is 4. The van der Waals surface area contributed by atoms with E-state index in [-0.39, 0.29) is 17.7 Å². The third kappa shape index (κ3) is 5.32. The Balaban J connectivity index is 2.09.